The van der Waals surface area contributed by atoms with Crippen LogP contribution in [-0.4, -0.2) is 45.0 Å². The maximum absolute atomic E-state index is 13.6. The molecule has 0 saturated heterocycles. The van der Waals surface area contributed by atoms with Crippen LogP contribution in [0.5, 0.6) is 5.75 Å². The number of methoxy groups -OCH3 is 2. The number of anilines is 2. The van der Waals surface area contributed by atoms with Gasteiger partial charge in [0.1, 0.15) is 29.4 Å². The van der Waals surface area contributed by atoms with Crippen LogP contribution in [-0.2, 0) is 11.2 Å². The zero-order valence-corrected chi connectivity index (χ0v) is 20.4. The van der Waals surface area contributed by atoms with Gasteiger partial charge in [0.05, 0.1) is 24.2 Å². The Hall–Kier alpha value is -4.24. The first kappa shape index (κ1) is 23.5. The van der Waals surface area contributed by atoms with Crippen LogP contribution < -0.4 is 10.1 Å². The van der Waals surface area contributed by atoms with E-state index in [1.54, 1.807) is 37.4 Å². The molecule has 0 unspecified atom stereocenters. The van der Waals surface area contributed by atoms with Crippen molar-refractivity contribution in [1.82, 2.24) is 24.1 Å². The first-order valence-electron chi connectivity index (χ1n) is 11.7. The number of aryl methyl sites for hydroxylation is 2. The molecule has 184 valence electrons. The summed E-state index contributed by atoms with van der Waals surface area (Å²) in [5, 5.41) is 7.86. The number of hydrogen-bond donors (Lipinski definition) is 1. The summed E-state index contributed by atoms with van der Waals surface area (Å²) in [6, 6.07) is 16.2. The molecule has 8 nitrogen and oxygen atoms in total. The molecule has 0 aliphatic rings. The minimum Gasteiger partial charge on any atom is -0.494 e. The third-order valence-electron chi connectivity index (χ3n) is 5.94. The van der Waals surface area contributed by atoms with Crippen LogP contribution in [0, 0.1) is 12.7 Å². The number of hydrogen-bond acceptors (Lipinski definition) is 6. The van der Waals surface area contributed by atoms with Crippen molar-refractivity contribution in [2.75, 3.05) is 26.1 Å². The second-order valence-corrected chi connectivity index (χ2v) is 8.37. The Morgan fingerprint density at radius 3 is 2.61 bits per heavy atom. The fourth-order valence-corrected chi connectivity index (χ4v) is 4.24. The molecule has 3 heterocycles. The van der Waals surface area contributed by atoms with Crippen LogP contribution in [0.1, 0.15) is 17.9 Å². The van der Waals surface area contributed by atoms with Gasteiger partial charge < -0.3 is 19.2 Å². The number of rotatable bonds is 9. The van der Waals surface area contributed by atoms with Crippen molar-refractivity contribution in [1.29, 1.82) is 0 Å². The van der Waals surface area contributed by atoms with Crippen molar-refractivity contribution >= 4 is 17.0 Å². The topological polar surface area (TPSA) is 78.5 Å². The van der Waals surface area contributed by atoms with Crippen LogP contribution in [0.2, 0.25) is 0 Å². The van der Waals surface area contributed by atoms with Gasteiger partial charge in [-0.05, 0) is 68.3 Å². The first-order chi connectivity index (χ1) is 17.6. The predicted molar refractivity (Wildman–Crippen MR) is 137 cm³/mol. The number of aromatic nitrogens is 5. The lowest BCUT2D eigenvalue weighted by Gasteiger charge is -2.13. The van der Waals surface area contributed by atoms with E-state index in [1.165, 1.54) is 12.1 Å². The minimum atomic E-state index is -0.274. The minimum absolute atomic E-state index is 0.274. The number of nitrogens with one attached hydrogen (secondary N) is 1. The molecule has 0 amide bonds. The largest absolute Gasteiger partial charge is 0.494 e. The molecule has 0 atom stereocenters. The van der Waals surface area contributed by atoms with Gasteiger partial charge in [0.2, 0.25) is 0 Å². The van der Waals surface area contributed by atoms with E-state index in [1.807, 2.05) is 43.5 Å². The highest BCUT2D eigenvalue weighted by Crippen LogP contribution is 2.32. The molecule has 0 spiro atoms. The summed E-state index contributed by atoms with van der Waals surface area (Å²) < 4.78 is 28.3. The molecule has 9 heteroatoms. The van der Waals surface area contributed by atoms with Gasteiger partial charge in [-0.1, -0.05) is 0 Å². The average Bonchev–Trinajstić information content (AvgIpc) is 3.49. The van der Waals surface area contributed by atoms with Crippen LogP contribution in [0.15, 0.2) is 67.1 Å². The third kappa shape index (κ3) is 4.65. The maximum atomic E-state index is 13.6. The number of ether oxygens (including phenoxy) is 2. The Labute approximate surface area is 208 Å². The molecule has 36 heavy (non-hydrogen) atoms. The van der Waals surface area contributed by atoms with Crippen LogP contribution in [0.3, 0.4) is 0 Å². The lowest BCUT2D eigenvalue weighted by atomic mass is 10.1. The maximum Gasteiger partial charge on any atom is 0.161 e. The van der Waals surface area contributed by atoms with E-state index in [2.05, 4.69) is 19.8 Å². The Morgan fingerprint density at radius 2 is 1.89 bits per heavy atom. The summed E-state index contributed by atoms with van der Waals surface area (Å²) in [5.41, 5.74) is 5.99. The van der Waals surface area contributed by atoms with Gasteiger partial charge >= 0.3 is 0 Å². The second kappa shape index (κ2) is 10.2. The highest BCUT2D eigenvalue weighted by Gasteiger charge is 2.17. The number of halogens is 1. The van der Waals surface area contributed by atoms with Crippen LogP contribution in [0.4, 0.5) is 15.8 Å². The van der Waals surface area contributed by atoms with Crippen LogP contribution in [0.25, 0.3) is 22.6 Å². The van der Waals surface area contributed by atoms with Crippen LogP contribution >= 0.6 is 0 Å². The number of benzene rings is 2. The normalized spacial score (nSPS) is 11.2. The van der Waals surface area contributed by atoms with Crippen molar-refractivity contribution in [3.63, 3.8) is 0 Å². The van der Waals surface area contributed by atoms with Crippen molar-refractivity contribution in [3.05, 3.63) is 84.5 Å². The smallest absolute Gasteiger partial charge is 0.161 e. The van der Waals surface area contributed by atoms with Crippen molar-refractivity contribution in [2.45, 2.75) is 19.8 Å². The molecule has 5 rings (SSSR count). The average molecular weight is 487 g/mol. The lowest BCUT2D eigenvalue weighted by molar-refractivity contribution is 0.195. The highest BCUT2D eigenvalue weighted by molar-refractivity contribution is 5.79. The van der Waals surface area contributed by atoms with Gasteiger partial charge in [-0.3, -0.25) is 0 Å². The first-order valence-corrected chi connectivity index (χ1v) is 11.7. The van der Waals surface area contributed by atoms with Gasteiger partial charge in [-0.25, -0.2) is 19.0 Å². The molecule has 5 aromatic rings. The zero-order chi connectivity index (χ0) is 25.1. The molecular weight excluding hydrogens is 459 g/mol. The number of nitrogens with zero attached hydrogens (tertiary/aromatic N) is 5. The molecule has 0 saturated carbocycles. The summed E-state index contributed by atoms with van der Waals surface area (Å²) in [5.74, 6) is 1.07. The number of imidazole rings is 1. The Balaban J connectivity index is 1.54. The Kier molecular flexibility index (Phi) is 6.64. The van der Waals surface area contributed by atoms with Gasteiger partial charge in [-0.2, -0.15) is 5.10 Å². The molecule has 0 aliphatic heterocycles. The number of fused-ring (bicyclic) bond motifs is 1. The van der Waals surface area contributed by atoms with E-state index in [4.69, 9.17) is 14.5 Å². The van der Waals surface area contributed by atoms with Gasteiger partial charge in [-0.15, -0.1) is 0 Å². The molecule has 3 aromatic heterocycles. The summed E-state index contributed by atoms with van der Waals surface area (Å²) in [6.07, 6.45) is 5.27. The second-order valence-electron chi connectivity index (χ2n) is 8.37. The predicted octanol–water partition coefficient (Wildman–Crippen LogP) is 5.36. The fraction of sp³-hybridized carbons (Fsp3) is 0.222. The fourth-order valence-electron chi connectivity index (χ4n) is 4.24. The summed E-state index contributed by atoms with van der Waals surface area (Å²) >= 11 is 0. The van der Waals surface area contributed by atoms with E-state index in [-0.39, 0.29) is 5.82 Å². The molecule has 0 radical (unpaired) electrons. The van der Waals surface area contributed by atoms with E-state index in [0.29, 0.717) is 18.2 Å². The molecule has 0 bridgehead atoms. The Morgan fingerprint density at radius 1 is 1.06 bits per heavy atom. The third-order valence-corrected chi connectivity index (χ3v) is 5.94. The molecule has 1 N–H and O–H groups in total. The lowest BCUT2D eigenvalue weighted by Crippen LogP contribution is -2.01. The molecule has 0 aliphatic carbocycles. The quantitative estimate of drug-likeness (QED) is 0.283. The summed E-state index contributed by atoms with van der Waals surface area (Å²) in [6.45, 7) is 2.49. The van der Waals surface area contributed by atoms with E-state index >= 15 is 0 Å². The molecule has 0 fully saturated rings. The Bertz CT molecular complexity index is 1490. The molecule has 2 aromatic carbocycles. The van der Waals surface area contributed by atoms with E-state index in [0.717, 1.165) is 52.5 Å². The summed E-state index contributed by atoms with van der Waals surface area (Å²) in [4.78, 5) is 9.18. The zero-order valence-electron chi connectivity index (χ0n) is 20.4. The standard InChI is InChI=1S/C27H27FN6O2/c1-18-29-17-34(32-18)23-13-12-21(16-25(23)36-3)30-22-6-4-14-33-24(7-5-15-35-2)26(31-27(22)33)19-8-10-20(28)11-9-19/h4,6,8-14,16-17,30H,5,7,15H2,1-3H3. The molecular formula is C27H27FN6O2. The highest BCUT2D eigenvalue weighted by atomic mass is 19.1. The van der Waals surface area contributed by atoms with Crippen molar-refractivity contribution in [3.8, 4) is 22.7 Å². The number of pyridine rings is 1. The monoisotopic (exact) mass is 486 g/mol. The van der Waals surface area contributed by atoms with Gasteiger partial charge in [0.25, 0.3) is 0 Å². The van der Waals surface area contributed by atoms with Gasteiger partial charge in [0, 0.05) is 37.2 Å². The summed E-state index contributed by atoms with van der Waals surface area (Å²) in [7, 11) is 3.32. The van der Waals surface area contributed by atoms with Gasteiger partial charge in [0.15, 0.2) is 5.65 Å². The van der Waals surface area contributed by atoms with E-state index < -0.39 is 0 Å². The van der Waals surface area contributed by atoms with E-state index in [9.17, 15) is 4.39 Å². The van der Waals surface area contributed by atoms with Crippen molar-refractivity contribution in [2.24, 2.45) is 0 Å². The van der Waals surface area contributed by atoms with Crippen molar-refractivity contribution < 1.29 is 13.9 Å². The SMILES string of the molecule is COCCCc1c(-c2ccc(F)cc2)nc2c(Nc3ccc(-n4cnc(C)n4)c(OC)c3)cccn12.